The van der Waals surface area contributed by atoms with Gasteiger partial charge in [0.05, 0.1) is 42.3 Å². The Morgan fingerprint density at radius 3 is 2.49 bits per heavy atom. The topological polar surface area (TPSA) is 157 Å². The monoisotopic (exact) mass is 751 g/mol. The minimum absolute atomic E-state index is 0.0108. The lowest BCUT2D eigenvalue weighted by Gasteiger charge is -2.39. The van der Waals surface area contributed by atoms with Gasteiger partial charge in [-0.25, -0.2) is 28.5 Å². The maximum absolute atomic E-state index is 14.2. The zero-order chi connectivity index (χ0) is 35.9. The molecule has 13 nitrogen and oxygen atoms in total. The molecule has 0 radical (unpaired) electrons. The first-order chi connectivity index (χ1) is 24.5. The maximum Gasteiger partial charge on any atom is 0.347 e. The minimum Gasteiger partial charge on any atom is -0.508 e. The SMILES string of the molecule is COc1cc2nc(CCn3c(=O)n4n(c3=O)[C@@H]3CC5=C(C(=O)C=C(Br)C5=O)[C@@H](c5c(O)ccc6ccccc56)C3=CC4)c(=O)n(C)c2cc1OC. The predicted octanol–water partition coefficient (Wildman–Crippen LogP) is 3.57. The number of carbonyl (C=O) groups excluding carboxylic acids is 2. The minimum atomic E-state index is -0.863. The van der Waals surface area contributed by atoms with Crippen LogP contribution < -0.4 is 26.4 Å². The Morgan fingerprint density at radius 2 is 1.73 bits per heavy atom. The van der Waals surface area contributed by atoms with E-state index in [1.165, 1.54) is 34.2 Å². The quantitative estimate of drug-likeness (QED) is 0.202. The standard InChI is InChI=1S/C37H30BrN5O8/c1-40-26-17-30(51-3)29(50-2)16-24(26)39-23(35(40)47)11-12-41-36(48)42-13-10-20-25(43(42)37(41)49)14-21-32(28(45)15-22(38)34(21)46)33(20)31-19-7-5-4-6-18(19)8-9-27(31)44/h4-10,15-17,25,33,44H,11-14H2,1-3H3/t25-,33-/m1/s1. The Kier molecular flexibility index (Phi) is 7.59. The van der Waals surface area contributed by atoms with Crippen LogP contribution in [0.2, 0.25) is 0 Å². The van der Waals surface area contributed by atoms with Gasteiger partial charge in [-0.3, -0.25) is 14.4 Å². The number of rotatable bonds is 6. The highest BCUT2D eigenvalue weighted by molar-refractivity contribution is 9.12. The summed E-state index contributed by atoms with van der Waals surface area (Å²) in [6.45, 7) is -0.127. The largest absolute Gasteiger partial charge is 0.508 e. The summed E-state index contributed by atoms with van der Waals surface area (Å²) in [5.74, 6) is -0.823. The molecule has 0 spiro atoms. The first-order valence-electron chi connectivity index (χ1n) is 16.2. The Morgan fingerprint density at radius 1 is 0.980 bits per heavy atom. The lowest BCUT2D eigenvalue weighted by Crippen LogP contribution is -2.40. The molecule has 0 amide bonds. The number of Topliss-reactive ketones (excluding diaryl/α,β-unsaturated/α-hetero) is 1. The van der Waals surface area contributed by atoms with Crippen LogP contribution in [0.5, 0.6) is 17.2 Å². The van der Waals surface area contributed by atoms with E-state index in [0.717, 1.165) is 9.95 Å². The van der Waals surface area contributed by atoms with Gasteiger partial charge in [0.1, 0.15) is 11.4 Å². The van der Waals surface area contributed by atoms with Gasteiger partial charge in [0.25, 0.3) is 5.56 Å². The molecule has 258 valence electrons. The van der Waals surface area contributed by atoms with Crippen molar-refractivity contribution in [2.75, 3.05) is 14.2 Å². The number of ether oxygens (including phenoxy) is 2. The average Bonchev–Trinajstić information content (AvgIpc) is 3.38. The Hall–Kier alpha value is -5.76. The van der Waals surface area contributed by atoms with Crippen LogP contribution in [0.25, 0.3) is 21.8 Å². The van der Waals surface area contributed by atoms with E-state index in [9.17, 15) is 29.1 Å². The first-order valence-corrected chi connectivity index (χ1v) is 17.0. The van der Waals surface area contributed by atoms with Crippen LogP contribution in [0.4, 0.5) is 0 Å². The molecule has 2 aromatic heterocycles. The summed E-state index contributed by atoms with van der Waals surface area (Å²) in [5.41, 5.74) is 1.06. The number of halogens is 1. The van der Waals surface area contributed by atoms with E-state index in [4.69, 9.17) is 9.47 Å². The van der Waals surface area contributed by atoms with Crippen molar-refractivity contribution in [3.63, 3.8) is 0 Å². The summed E-state index contributed by atoms with van der Waals surface area (Å²) in [6.07, 6.45) is 3.01. The number of benzene rings is 3. The molecule has 0 fully saturated rings. The molecule has 14 heteroatoms. The fourth-order valence-corrected chi connectivity index (χ4v) is 8.17. The molecule has 3 aromatic carbocycles. The number of phenolic OH excluding ortho intramolecular Hbond substituents is 1. The van der Waals surface area contributed by atoms with Gasteiger partial charge in [0.15, 0.2) is 23.1 Å². The van der Waals surface area contributed by atoms with E-state index in [2.05, 4.69) is 20.9 Å². The van der Waals surface area contributed by atoms with Crippen molar-refractivity contribution in [2.45, 2.75) is 37.9 Å². The van der Waals surface area contributed by atoms with E-state index < -0.39 is 29.1 Å². The molecule has 8 rings (SSSR count). The van der Waals surface area contributed by atoms with Crippen molar-refractivity contribution in [2.24, 2.45) is 7.05 Å². The molecule has 2 atom stereocenters. The maximum atomic E-state index is 14.2. The number of allylic oxidation sites excluding steroid dienone is 6. The molecule has 0 saturated carbocycles. The number of ketones is 2. The summed E-state index contributed by atoms with van der Waals surface area (Å²) in [5, 5.41) is 12.9. The van der Waals surface area contributed by atoms with Crippen LogP contribution in [0, 0.1) is 0 Å². The number of hydrogen-bond acceptors (Lipinski definition) is 9. The molecule has 2 aliphatic carbocycles. The molecular formula is C37H30BrN5O8. The van der Waals surface area contributed by atoms with Crippen LogP contribution in [-0.4, -0.2) is 54.4 Å². The molecule has 0 saturated heterocycles. The van der Waals surface area contributed by atoms with Crippen molar-refractivity contribution < 1.29 is 24.2 Å². The normalized spacial score (nSPS) is 18.4. The summed E-state index contributed by atoms with van der Waals surface area (Å²) >= 11 is 3.24. The molecule has 51 heavy (non-hydrogen) atoms. The number of aryl methyl sites for hydroxylation is 2. The number of fused-ring (bicyclic) bond motifs is 5. The van der Waals surface area contributed by atoms with Crippen molar-refractivity contribution in [1.29, 1.82) is 0 Å². The van der Waals surface area contributed by atoms with Crippen molar-refractivity contribution in [1.82, 2.24) is 23.5 Å². The van der Waals surface area contributed by atoms with Crippen LogP contribution in [0.15, 0.2) is 96.3 Å². The second-order valence-electron chi connectivity index (χ2n) is 12.7. The lowest BCUT2D eigenvalue weighted by atomic mass is 9.68. The summed E-state index contributed by atoms with van der Waals surface area (Å²) in [7, 11) is 4.60. The fourth-order valence-electron chi connectivity index (χ4n) is 7.73. The second-order valence-corrected chi connectivity index (χ2v) is 13.5. The Bertz CT molecular complexity index is 2670. The summed E-state index contributed by atoms with van der Waals surface area (Å²) in [4.78, 5) is 73.3. The fraction of sp³-hybridized carbons (Fsp3) is 0.243. The lowest BCUT2D eigenvalue weighted by molar-refractivity contribution is -0.115. The zero-order valence-electron chi connectivity index (χ0n) is 27.7. The van der Waals surface area contributed by atoms with Crippen LogP contribution >= 0.6 is 15.9 Å². The van der Waals surface area contributed by atoms with Gasteiger partial charge < -0.3 is 19.1 Å². The molecule has 1 aliphatic heterocycles. The van der Waals surface area contributed by atoms with E-state index in [0.29, 0.717) is 39.1 Å². The van der Waals surface area contributed by atoms with Crippen molar-refractivity contribution in [3.05, 3.63) is 124 Å². The number of aromatic nitrogens is 5. The van der Waals surface area contributed by atoms with Gasteiger partial charge in [-0.2, -0.15) is 0 Å². The number of phenols is 1. The molecule has 1 N–H and O–H groups in total. The van der Waals surface area contributed by atoms with Gasteiger partial charge >= 0.3 is 11.4 Å². The van der Waals surface area contributed by atoms with Gasteiger partial charge in [-0.05, 0) is 38.3 Å². The van der Waals surface area contributed by atoms with E-state index in [1.54, 1.807) is 37.4 Å². The first kappa shape index (κ1) is 32.4. The third-order valence-electron chi connectivity index (χ3n) is 10.1. The molecule has 3 aliphatic rings. The van der Waals surface area contributed by atoms with Gasteiger partial charge in [-0.1, -0.05) is 36.4 Å². The van der Waals surface area contributed by atoms with Crippen molar-refractivity contribution in [3.8, 4) is 17.2 Å². The molecule has 0 unspecified atom stereocenters. The zero-order valence-corrected chi connectivity index (χ0v) is 29.3. The van der Waals surface area contributed by atoms with Crippen LogP contribution in [0.1, 0.15) is 29.6 Å². The summed E-state index contributed by atoms with van der Waals surface area (Å²) in [6, 6.07) is 13.3. The number of hydrogen-bond donors (Lipinski definition) is 1. The molecule has 3 heterocycles. The average molecular weight is 753 g/mol. The van der Waals surface area contributed by atoms with Gasteiger partial charge in [0, 0.05) is 67.3 Å². The number of carbonyl (C=O) groups is 2. The van der Waals surface area contributed by atoms with Crippen LogP contribution in [-0.2, 0) is 36.1 Å². The smallest absolute Gasteiger partial charge is 0.347 e. The summed E-state index contributed by atoms with van der Waals surface area (Å²) < 4.78 is 16.0. The van der Waals surface area contributed by atoms with Gasteiger partial charge in [-0.15, -0.1) is 0 Å². The van der Waals surface area contributed by atoms with E-state index >= 15 is 0 Å². The highest BCUT2D eigenvalue weighted by atomic mass is 79.9. The van der Waals surface area contributed by atoms with Crippen LogP contribution in [0.3, 0.4) is 0 Å². The third-order valence-corrected chi connectivity index (χ3v) is 10.7. The number of aromatic hydroxyl groups is 1. The van der Waals surface area contributed by atoms with E-state index in [1.807, 2.05) is 24.3 Å². The number of nitrogens with zero attached hydrogens (tertiary/aromatic N) is 5. The molecule has 5 aromatic rings. The van der Waals surface area contributed by atoms with E-state index in [-0.39, 0.29) is 64.3 Å². The molecular weight excluding hydrogens is 722 g/mol. The number of methoxy groups -OCH3 is 2. The Labute approximate surface area is 297 Å². The Balaban J connectivity index is 1.23. The predicted molar refractivity (Wildman–Crippen MR) is 191 cm³/mol. The third kappa shape index (κ3) is 4.80. The molecule has 0 bridgehead atoms. The second kappa shape index (κ2) is 11.9. The highest BCUT2D eigenvalue weighted by Gasteiger charge is 2.46. The van der Waals surface area contributed by atoms with Crippen molar-refractivity contribution >= 4 is 49.3 Å². The van der Waals surface area contributed by atoms with Gasteiger partial charge in [0.2, 0.25) is 0 Å². The highest BCUT2D eigenvalue weighted by Crippen LogP contribution is 2.53.